The summed E-state index contributed by atoms with van der Waals surface area (Å²) in [7, 11) is 1.55. The molecule has 0 bridgehead atoms. The van der Waals surface area contributed by atoms with Crippen molar-refractivity contribution in [3.8, 4) is 5.75 Å². The molecule has 4 N–H and O–H groups in total. The first-order chi connectivity index (χ1) is 9.21. The summed E-state index contributed by atoms with van der Waals surface area (Å²) in [6, 6.07) is 5.27. The van der Waals surface area contributed by atoms with Gasteiger partial charge in [0.25, 0.3) is 0 Å². The highest BCUT2D eigenvalue weighted by molar-refractivity contribution is 6.09. The molecule has 1 aliphatic heterocycles. The Labute approximate surface area is 111 Å². The number of anilines is 1. The number of hydrogen-bond acceptors (Lipinski definition) is 4. The standard InChI is InChI=1S/C13H16N4O2/c1-19-12-6-10(17-5-4-16-13(17)18)2-3-11(12)9(7-14)8-15/h2-3,6-8,14H,4-5,15H2,1H3,(H,16,18)/b9-8+,14-7?. The minimum absolute atomic E-state index is 0.114. The van der Waals surface area contributed by atoms with Crippen molar-refractivity contribution < 1.29 is 9.53 Å². The normalized spacial score (nSPS) is 15.3. The van der Waals surface area contributed by atoms with Crippen LogP contribution in [0.2, 0.25) is 0 Å². The molecule has 0 unspecified atom stereocenters. The van der Waals surface area contributed by atoms with Crippen LogP contribution in [-0.2, 0) is 0 Å². The van der Waals surface area contributed by atoms with Crippen molar-refractivity contribution >= 4 is 23.5 Å². The third-order valence-electron chi connectivity index (χ3n) is 3.00. The fourth-order valence-electron chi connectivity index (χ4n) is 2.02. The van der Waals surface area contributed by atoms with Gasteiger partial charge in [-0.1, -0.05) is 0 Å². The summed E-state index contributed by atoms with van der Waals surface area (Å²) in [6.07, 6.45) is 2.52. The van der Waals surface area contributed by atoms with Gasteiger partial charge in [-0.05, 0) is 12.1 Å². The van der Waals surface area contributed by atoms with Gasteiger partial charge in [0, 0.05) is 48.4 Å². The molecule has 19 heavy (non-hydrogen) atoms. The van der Waals surface area contributed by atoms with Gasteiger partial charge >= 0.3 is 6.03 Å². The number of hydrogen-bond donors (Lipinski definition) is 3. The van der Waals surface area contributed by atoms with Crippen LogP contribution in [0.15, 0.2) is 24.4 Å². The number of nitrogens with zero attached hydrogens (tertiary/aromatic N) is 1. The lowest BCUT2D eigenvalue weighted by molar-refractivity contribution is 0.252. The number of allylic oxidation sites excluding steroid dienone is 1. The maximum Gasteiger partial charge on any atom is 0.321 e. The van der Waals surface area contributed by atoms with Crippen LogP contribution in [0.3, 0.4) is 0 Å². The Hall–Kier alpha value is -2.50. The number of methoxy groups -OCH3 is 1. The molecule has 1 aliphatic rings. The molecule has 0 aromatic heterocycles. The summed E-state index contributed by atoms with van der Waals surface area (Å²) in [4.78, 5) is 13.3. The second-order valence-electron chi connectivity index (χ2n) is 4.03. The van der Waals surface area contributed by atoms with Crippen molar-refractivity contribution in [1.29, 1.82) is 5.41 Å². The van der Waals surface area contributed by atoms with Gasteiger partial charge < -0.3 is 21.2 Å². The fraction of sp³-hybridized carbons (Fsp3) is 0.231. The van der Waals surface area contributed by atoms with Crippen molar-refractivity contribution in [1.82, 2.24) is 5.32 Å². The number of carbonyl (C=O) groups is 1. The predicted octanol–water partition coefficient (Wildman–Crippen LogP) is 1.17. The van der Waals surface area contributed by atoms with Crippen LogP contribution >= 0.6 is 0 Å². The Morgan fingerprint density at radius 2 is 2.37 bits per heavy atom. The van der Waals surface area contributed by atoms with Gasteiger partial charge in [-0.3, -0.25) is 4.90 Å². The van der Waals surface area contributed by atoms with E-state index in [0.29, 0.717) is 24.4 Å². The van der Waals surface area contributed by atoms with Gasteiger partial charge in [-0.15, -0.1) is 0 Å². The number of rotatable bonds is 4. The van der Waals surface area contributed by atoms with Crippen molar-refractivity contribution in [3.63, 3.8) is 0 Å². The van der Waals surface area contributed by atoms with Gasteiger partial charge in [-0.2, -0.15) is 0 Å². The molecule has 0 aliphatic carbocycles. The van der Waals surface area contributed by atoms with E-state index in [4.69, 9.17) is 15.9 Å². The zero-order valence-corrected chi connectivity index (χ0v) is 10.6. The third kappa shape index (κ3) is 2.37. The van der Waals surface area contributed by atoms with Crippen LogP contribution < -0.4 is 20.7 Å². The summed E-state index contributed by atoms with van der Waals surface area (Å²) >= 11 is 0. The van der Waals surface area contributed by atoms with Crippen molar-refractivity contribution in [2.75, 3.05) is 25.1 Å². The molecule has 1 saturated heterocycles. The molecule has 2 amide bonds. The Morgan fingerprint density at radius 3 is 2.89 bits per heavy atom. The van der Waals surface area contributed by atoms with E-state index in [0.717, 1.165) is 11.3 Å². The summed E-state index contributed by atoms with van der Waals surface area (Å²) in [5, 5.41) is 10.1. The molecule has 100 valence electrons. The van der Waals surface area contributed by atoms with E-state index in [1.54, 1.807) is 24.1 Å². The zero-order valence-electron chi connectivity index (χ0n) is 10.6. The van der Waals surface area contributed by atoms with Gasteiger partial charge in [0.15, 0.2) is 0 Å². The van der Waals surface area contributed by atoms with Crippen molar-refractivity contribution in [2.45, 2.75) is 0 Å². The third-order valence-corrected chi connectivity index (χ3v) is 3.00. The SMILES string of the molecule is COc1cc(N2CCNC2=O)ccc1/C(C=N)=C/N. The minimum Gasteiger partial charge on any atom is -0.496 e. The van der Waals surface area contributed by atoms with Crippen LogP contribution in [0, 0.1) is 5.41 Å². The molecule has 6 nitrogen and oxygen atoms in total. The number of nitrogens with one attached hydrogen (secondary N) is 2. The quantitative estimate of drug-likeness (QED) is 0.710. The lowest BCUT2D eigenvalue weighted by Gasteiger charge is -2.17. The summed E-state index contributed by atoms with van der Waals surface area (Å²) < 4.78 is 5.31. The zero-order chi connectivity index (χ0) is 13.8. The largest absolute Gasteiger partial charge is 0.496 e. The number of ether oxygens (including phenoxy) is 1. The molecule has 1 aromatic rings. The minimum atomic E-state index is -0.114. The molecule has 1 aromatic carbocycles. The van der Waals surface area contributed by atoms with Crippen molar-refractivity contribution in [2.24, 2.45) is 5.73 Å². The number of amides is 2. The van der Waals surface area contributed by atoms with Crippen LogP contribution in [0.25, 0.3) is 5.57 Å². The Balaban J connectivity index is 2.41. The van der Waals surface area contributed by atoms with Crippen LogP contribution in [-0.4, -0.2) is 32.4 Å². The molecule has 2 rings (SSSR count). The van der Waals surface area contributed by atoms with Crippen molar-refractivity contribution in [3.05, 3.63) is 30.0 Å². The molecular formula is C13H16N4O2. The van der Waals surface area contributed by atoms with E-state index >= 15 is 0 Å². The first-order valence-electron chi connectivity index (χ1n) is 5.87. The molecule has 0 radical (unpaired) electrons. The molecule has 0 spiro atoms. The molecule has 0 saturated carbocycles. The number of urea groups is 1. The smallest absolute Gasteiger partial charge is 0.321 e. The topological polar surface area (TPSA) is 91.4 Å². The lowest BCUT2D eigenvalue weighted by atomic mass is 10.1. The predicted molar refractivity (Wildman–Crippen MR) is 74.7 cm³/mol. The van der Waals surface area contributed by atoms with Gasteiger partial charge in [-0.25, -0.2) is 4.79 Å². The van der Waals surface area contributed by atoms with Crippen LogP contribution in [0.1, 0.15) is 5.56 Å². The molecule has 1 heterocycles. The Kier molecular flexibility index (Phi) is 3.70. The molecular weight excluding hydrogens is 244 g/mol. The van der Waals surface area contributed by atoms with Gasteiger partial charge in [0.2, 0.25) is 0 Å². The maximum absolute atomic E-state index is 11.6. The van der Waals surface area contributed by atoms with E-state index in [9.17, 15) is 4.79 Å². The van der Waals surface area contributed by atoms with E-state index in [1.807, 2.05) is 6.07 Å². The van der Waals surface area contributed by atoms with E-state index < -0.39 is 0 Å². The second-order valence-corrected chi connectivity index (χ2v) is 4.03. The highest BCUT2D eigenvalue weighted by atomic mass is 16.5. The monoisotopic (exact) mass is 260 g/mol. The van der Waals surface area contributed by atoms with Crippen LogP contribution in [0.5, 0.6) is 5.75 Å². The number of nitrogens with two attached hydrogens (primary N) is 1. The number of benzene rings is 1. The van der Waals surface area contributed by atoms with Gasteiger partial charge in [0.05, 0.1) is 7.11 Å². The van der Waals surface area contributed by atoms with E-state index in [-0.39, 0.29) is 6.03 Å². The molecule has 6 heteroatoms. The Morgan fingerprint density at radius 1 is 1.58 bits per heavy atom. The second kappa shape index (κ2) is 5.43. The van der Waals surface area contributed by atoms with E-state index in [2.05, 4.69) is 5.32 Å². The summed E-state index contributed by atoms with van der Waals surface area (Å²) in [5.74, 6) is 0.581. The fourth-order valence-corrected chi connectivity index (χ4v) is 2.02. The number of carbonyl (C=O) groups excluding carboxylic acids is 1. The van der Waals surface area contributed by atoms with E-state index in [1.165, 1.54) is 12.4 Å². The van der Waals surface area contributed by atoms with Crippen LogP contribution in [0.4, 0.5) is 10.5 Å². The Bertz CT molecular complexity index is 539. The first kappa shape index (κ1) is 12.9. The lowest BCUT2D eigenvalue weighted by Crippen LogP contribution is -2.27. The highest BCUT2D eigenvalue weighted by Crippen LogP contribution is 2.30. The molecule has 1 fully saturated rings. The van der Waals surface area contributed by atoms with Gasteiger partial charge in [0.1, 0.15) is 5.75 Å². The highest BCUT2D eigenvalue weighted by Gasteiger charge is 2.22. The molecule has 0 atom stereocenters. The summed E-state index contributed by atoms with van der Waals surface area (Å²) in [5.41, 5.74) is 7.53. The average Bonchev–Trinajstić information content (AvgIpc) is 2.86. The maximum atomic E-state index is 11.6. The average molecular weight is 260 g/mol. The summed E-state index contributed by atoms with van der Waals surface area (Å²) in [6.45, 7) is 1.27. The first-order valence-corrected chi connectivity index (χ1v) is 5.87.